The standard InChI is InChI=1S/C24H26N4O3S2/c1-16-9-11-18(12-10-16)24-21(32-17(2)25-24)15-23(29)26-19-6-4-7-20(14-19)33(30,31)27-22-8-5-13-28(22)3/h4,6-7,9-12,14H,5,8,13,15H2,1-3H3,(H,26,29)/b27-22-. The lowest BCUT2D eigenvalue weighted by molar-refractivity contribution is -0.115. The normalized spacial score (nSPS) is 15.2. The molecule has 7 nitrogen and oxygen atoms in total. The van der Waals surface area contributed by atoms with E-state index < -0.39 is 10.0 Å². The van der Waals surface area contributed by atoms with Gasteiger partial charge in [-0.15, -0.1) is 15.7 Å². The molecule has 0 bridgehead atoms. The Morgan fingerprint density at radius 1 is 1.18 bits per heavy atom. The van der Waals surface area contributed by atoms with Crippen LogP contribution in [0.5, 0.6) is 0 Å². The molecule has 0 unspecified atom stereocenters. The summed E-state index contributed by atoms with van der Waals surface area (Å²) in [6.07, 6.45) is 1.69. The fourth-order valence-corrected chi connectivity index (χ4v) is 5.81. The van der Waals surface area contributed by atoms with Crippen LogP contribution in [0.3, 0.4) is 0 Å². The van der Waals surface area contributed by atoms with Crippen molar-refractivity contribution < 1.29 is 13.2 Å². The minimum atomic E-state index is -3.85. The van der Waals surface area contributed by atoms with Gasteiger partial charge in [0.05, 0.1) is 22.0 Å². The molecule has 33 heavy (non-hydrogen) atoms. The third-order valence-corrected chi connectivity index (χ3v) is 7.70. The SMILES string of the molecule is Cc1ccc(-c2nc(C)sc2CC(=O)Nc2cccc(S(=O)(=O)/N=C3/CCCN3C)c2)cc1. The van der Waals surface area contributed by atoms with Crippen LogP contribution in [-0.4, -0.2) is 43.6 Å². The van der Waals surface area contributed by atoms with Gasteiger partial charge in [0.15, 0.2) is 0 Å². The zero-order valence-electron chi connectivity index (χ0n) is 18.8. The van der Waals surface area contributed by atoms with Crippen LogP contribution >= 0.6 is 11.3 Å². The Balaban J connectivity index is 1.51. The first-order chi connectivity index (χ1) is 15.7. The quantitative estimate of drug-likeness (QED) is 0.562. The van der Waals surface area contributed by atoms with E-state index in [0.717, 1.165) is 39.7 Å². The second-order valence-corrected chi connectivity index (χ2v) is 11.0. The molecule has 1 amide bonds. The summed E-state index contributed by atoms with van der Waals surface area (Å²) in [5.74, 6) is 0.331. The largest absolute Gasteiger partial charge is 0.362 e. The van der Waals surface area contributed by atoms with E-state index in [9.17, 15) is 13.2 Å². The number of rotatable bonds is 6. The molecule has 0 aliphatic carbocycles. The van der Waals surface area contributed by atoms with Crippen LogP contribution < -0.4 is 5.32 Å². The average Bonchev–Trinajstić information content (AvgIpc) is 3.33. The molecule has 1 saturated heterocycles. The van der Waals surface area contributed by atoms with Crippen LogP contribution in [-0.2, 0) is 21.2 Å². The maximum atomic E-state index is 12.8. The van der Waals surface area contributed by atoms with Crippen molar-refractivity contribution in [2.75, 3.05) is 18.9 Å². The van der Waals surface area contributed by atoms with E-state index in [1.54, 1.807) is 12.1 Å². The van der Waals surface area contributed by atoms with E-state index in [-0.39, 0.29) is 17.2 Å². The number of hydrogen-bond donors (Lipinski definition) is 1. The number of amidine groups is 1. The molecule has 1 aliphatic rings. The molecule has 1 aromatic heterocycles. The fraction of sp³-hybridized carbons (Fsp3) is 0.292. The number of nitrogens with zero attached hydrogens (tertiary/aromatic N) is 3. The van der Waals surface area contributed by atoms with Crippen molar-refractivity contribution in [3.63, 3.8) is 0 Å². The van der Waals surface area contributed by atoms with E-state index in [4.69, 9.17) is 0 Å². The molecule has 2 aromatic carbocycles. The Labute approximate surface area is 198 Å². The summed E-state index contributed by atoms with van der Waals surface area (Å²) in [5.41, 5.74) is 3.35. The number of likely N-dealkylation sites (tertiary alicyclic amines) is 1. The Bertz CT molecular complexity index is 1310. The Morgan fingerprint density at radius 3 is 2.64 bits per heavy atom. The number of sulfonamides is 1. The number of aryl methyl sites for hydroxylation is 2. The van der Waals surface area contributed by atoms with Gasteiger partial charge in [-0.05, 0) is 38.5 Å². The van der Waals surface area contributed by atoms with Gasteiger partial charge in [0.2, 0.25) is 5.91 Å². The smallest absolute Gasteiger partial charge is 0.284 e. The van der Waals surface area contributed by atoms with Crippen LogP contribution in [0.2, 0.25) is 0 Å². The highest BCUT2D eigenvalue weighted by atomic mass is 32.2. The third kappa shape index (κ3) is 5.48. The number of benzene rings is 2. The summed E-state index contributed by atoms with van der Waals surface area (Å²) in [4.78, 5) is 20.2. The summed E-state index contributed by atoms with van der Waals surface area (Å²) in [6, 6.07) is 14.3. The summed E-state index contributed by atoms with van der Waals surface area (Å²) in [5, 5.41) is 3.71. The van der Waals surface area contributed by atoms with Crippen LogP contribution in [0.15, 0.2) is 57.8 Å². The van der Waals surface area contributed by atoms with Gasteiger partial charge in [0, 0.05) is 36.1 Å². The van der Waals surface area contributed by atoms with Crippen LogP contribution in [0.1, 0.15) is 28.3 Å². The molecule has 0 atom stereocenters. The molecule has 1 aliphatic heterocycles. The second kappa shape index (κ2) is 9.44. The second-order valence-electron chi connectivity index (χ2n) is 8.13. The topological polar surface area (TPSA) is 91.7 Å². The molecule has 1 N–H and O–H groups in total. The van der Waals surface area contributed by atoms with Gasteiger partial charge in [0.25, 0.3) is 10.0 Å². The lowest BCUT2D eigenvalue weighted by atomic mass is 10.1. The third-order valence-electron chi connectivity index (χ3n) is 5.43. The van der Waals surface area contributed by atoms with E-state index >= 15 is 0 Å². The number of carbonyl (C=O) groups excluding carboxylic acids is 1. The monoisotopic (exact) mass is 482 g/mol. The molecular weight excluding hydrogens is 456 g/mol. The number of aromatic nitrogens is 1. The van der Waals surface area contributed by atoms with E-state index in [1.807, 2.05) is 50.1 Å². The maximum absolute atomic E-state index is 12.8. The van der Waals surface area contributed by atoms with Gasteiger partial charge >= 0.3 is 0 Å². The van der Waals surface area contributed by atoms with Gasteiger partial charge in [0.1, 0.15) is 5.84 Å². The number of amides is 1. The van der Waals surface area contributed by atoms with E-state index in [0.29, 0.717) is 17.9 Å². The van der Waals surface area contributed by atoms with Gasteiger partial charge in [-0.2, -0.15) is 8.42 Å². The number of anilines is 1. The number of carbonyl (C=O) groups is 1. The minimum absolute atomic E-state index is 0.0575. The van der Waals surface area contributed by atoms with Crippen molar-refractivity contribution in [1.82, 2.24) is 9.88 Å². The first kappa shape index (κ1) is 23.1. The van der Waals surface area contributed by atoms with Crippen molar-refractivity contribution in [2.45, 2.75) is 38.0 Å². The molecule has 9 heteroatoms. The molecular formula is C24H26N4O3S2. The molecule has 0 radical (unpaired) electrons. The first-order valence-corrected chi connectivity index (χ1v) is 13.0. The van der Waals surface area contributed by atoms with Crippen LogP contribution in [0.25, 0.3) is 11.3 Å². The van der Waals surface area contributed by atoms with E-state index in [1.165, 1.54) is 23.5 Å². The van der Waals surface area contributed by atoms with Gasteiger partial charge in [-0.25, -0.2) is 4.98 Å². The van der Waals surface area contributed by atoms with Crippen molar-refractivity contribution in [1.29, 1.82) is 0 Å². The highest BCUT2D eigenvalue weighted by Crippen LogP contribution is 2.29. The average molecular weight is 483 g/mol. The van der Waals surface area contributed by atoms with E-state index in [2.05, 4.69) is 14.7 Å². The van der Waals surface area contributed by atoms with Gasteiger partial charge in [-0.3, -0.25) is 4.79 Å². The van der Waals surface area contributed by atoms with Crippen molar-refractivity contribution in [3.05, 3.63) is 64.0 Å². The van der Waals surface area contributed by atoms with Crippen molar-refractivity contribution >= 4 is 38.8 Å². The van der Waals surface area contributed by atoms with Crippen LogP contribution in [0.4, 0.5) is 5.69 Å². The summed E-state index contributed by atoms with van der Waals surface area (Å²) >= 11 is 1.49. The number of thiazole rings is 1. The molecule has 3 aromatic rings. The Kier molecular flexibility index (Phi) is 6.62. The molecule has 4 rings (SSSR count). The molecule has 0 saturated carbocycles. The zero-order valence-corrected chi connectivity index (χ0v) is 20.5. The summed E-state index contributed by atoms with van der Waals surface area (Å²) < 4.78 is 29.5. The first-order valence-electron chi connectivity index (χ1n) is 10.7. The summed E-state index contributed by atoms with van der Waals surface area (Å²) in [7, 11) is -2.01. The maximum Gasteiger partial charge on any atom is 0.284 e. The lowest BCUT2D eigenvalue weighted by Gasteiger charge is -2.11. The predicted octanol–water partition coefficient (Wildman–Crippen LogP) is 4.42. The lowest BCUT2D eigenvalue weighted by Crippen LogP contribution is -2.20. The number of nitrogens with one attached hydrogen (secondary N) is 1. The molecule has 2 heterocycles. The zero-order chi connectivity index (χ0) is 23.6. The van der Waals surface area contributed by atoms with Gasteiger partial charge < -0.3 is 10.2 Å². The van der Waals surface area contributed by atoms with Crippen molar-refractivity contribution in [3.8, 4) is 11.3 Å². The fourth-order valence-electron chi connectivity index (χ4n) is 3.71. The van der Waals surface area contributed by atoms with Crippen LogP contribution in [0, 0.1) is 13.8 Å². The van der Waals surface area contributed by atoms with Gasteiger partial charge in [-0.1, -0.05) is 35.9 Å². The highest BCUT2D eigenvalue weighted by molar-refractivity contribution is 7.90. The molecule has 172 valence electrons. The number of hydrogen-bond acceptors (Lipinski definition) is 5. The Hall–Kier alpha value is -3.04. The van der Waals surface area contributed by atoms with Crippen molar-refractivity contribution in [2.24, 2.45) is 4.40 Å². The predicted molar refractivity (Wildman–Crippen MR) is 132 cm³/mol. The Morgan fingerprint density at radius 2 is 1.94 bits per heavy atom. The minimum Gasteiger partial charge on any atom is -0.362 e. The molecule has 0 spiro atoms. The summed E-state index contributed by atoms with van der Waals surface area (Å²) in [6.45, 7) is 4.74. The molecule has 1 fully saturated rings. The highest BCUT2D eigenvalue weighted by Gasteiger charge is 2.21.